The molecule has 0 saturated heterocycles. The third kappa shape index (κ3) is 11.1. The Labute approximate surface area is 277 Å². The van der Waals surface area contributed by atoms with Crippen LogP contribution in [0.25, 0.3) is 32.7 Å². The SMILES string of the molecule is Brc1csc(Br)c1Br.C.O[B]O.c1ccc(-c2csc(-c3ccccc3)c2-c2ccccc2)cc1.c1ccccc1. The molecular weight excluding hydrogens is 743 g/mol. The Bertz CT molecular complexity index is 1410. The molecule has 2 nitrogen and oxygen atoms in total. The highest BCUT2D eigenvalue weighted by Crippen LogP contribution is 2.44. The maximum atomic E-state index is 7.00. The summed E-state index contributed by atoms with van der Waals surface area (Å²) in [6.45, 7) is 0. The van der Waals surface area contributed by atoms with Crippen LogP contribution < -0.4 is 0 Å². The van der Waals surface area contributed by atoms with Crippen LogP contribution in [0.3, 0.4) is 0 Å². The van der Waals surface area contributed by atoms with Crippen LogP contribution in [0.2, 0.25) is 0 Å². The molecule has 0 bridgehead atoms. The van der Waals surface area contributed by atoms with Crippen LogP contribution in [0.15, 0.2) is 151 Å². The number of hydrogen-bond acceptors (Lipinski definition) is 4. The van der Waals surface area contributed by atoms with Crippen LogP contribution in [-0.2, 0) is 0 Å². The van der Waals surface area contributed by atoms with E-state index in [1.807, 2.05) is 53.1 Å². The lowest BCUT2D eigenvalue weighted by molar-refractivity contribution is 0.448. The molecule has 2 heterocycles. The lowest BCUT2D eigenvalue weighted by Crippen LogP contribution is -1.83. The maximum Gasteiger partial charge on any atom is 0.482 e. The van der Waals surface area contributed by atoms with Gasteiger partial charge in [-0.25, -0.2) is 0 Å². The van der Waals surface area contributed by atoms with Gasteiger partial charge in [-0.15, -0.1) is 22.7 Å². The zero-order valence-corrected chi connectivity index (χ0v) is 27.6. The van der Waals surface area contributed by atoms with Gasteiger partial charge in [0, 0.05) is 25.9 Å². The second-order valence-electron chi connectivity index (χ2n) is 7.89. The standard InChI is InChI=1S/C22H16S.C6H6.C4HBr3S.CH4.BH2O2/c1-4-10-17(11-5-1)20-16-23-22(19-14-8-3-9-15-19)21(20)18-12-6-2-7-13-18;1-2-4-6-5-3-1;5-2-1-8-4(7)3(2)6;;2-1-3/h1-16H;1-6H;1H;1H4;2-3H. The molecule has 4 aromatic carbocycles. The van der Waals surface area contributed by atoms with Crippen molar-refractivity contribution in [3.8, 4) is 32.7 Å². The second kappa shape index (κ2) is 19.8. The zero-order chi connectivity index (χ0) is 28.6. The number of thiophene rings is 2. The molecule has 0 atom stereocenters. The molecule has 0 unspecified atom stereocenters. The first-order valence-electron chi connectivity index (χ1n) is 12.0. The van der Waals surface area contributed by atoms with E-state index in [0.717, 1.165) is 12.7 Å². The average molecular weight is 772 g/mol. The van der Waals surface area contributed by atoms with Crippen LogP contribution in [0.1, 0.15) is 7.43 Å². The minimum Gasteiger partial charge on any atom is -0.429 e. The maximum absolute atomic E-state index is 7.00. The number of hydrogen-bond donors (Lipinski definition) is 2. The molecule has 2 aromatic heterocycles. The van der Waals surface area contributed by atoms with Crippen LogP contribution in [0, 0.1) is 0 Å². The minimum atomic E-state index is 0. The van der Waals surface area contributed by atoms with E-state index in [-0.39, 0.29) is 15.1 Å². The van der Waals surface area contributed by atoms with Crippen molar-refractivity contribution in [1.82, 2.24) is 0 Å². The number of benzene rings is 4. The van der Waals surface area contributed by atoms with Crippen LogP contribution >= 0.6 is 70.5 Å². The van der Waals surface area contributed by atoms with Crippen molar-refractivity contribution >= 4 is 78.1 Å². The molecule has 0 amide bonds. The van der Waals surface area contributed by atoms with Gasteiger partial charge in [-0.3, -0.25) is 0 Å². The summed E-state index contributed by atoms with van der Waals surface area (Å²) < 4.78 is 3.33. The van der Waals surface area contributed by atoms with Gasteiger partial charge in [0.25, 0.3) is 0 Å². The fourth-order valence-corrected chi connectivity index (χ4v) is 7.13. The van der Waals surface area contributed by atoms with Crippen molar-refractivity contribution in [3.63, 3.8) is 0 Å². The van der Waals surface area contributed by atoms with Gasteiger partial charge in [0.05, 0.1) is 8.26 Å². The number of rotatable bonds is 3. The molecule has 1 radical (unpaired) electrons. The van der Waals surface area contributed by atoms with E-state index in [1.54, 1.807) is 11.3 Å². The Morgan fingerprint density at radius 3 is 1.27 bits per heavy atom. The Hall–Kier alpha value is -2.30. The fraction of sp³-hybridized carbons (Fsp3) is 0.0303. The Balaban J connectivity index is 0.000000268. The van der Waals surface area contributed by atoms with Gasteiger partial charge in [-0.2, -0.15) is 0 Å². The van der Waals surface area contributed by atoms with E-state index in [0.29, 0.717) is 0 Å². The Morgan fingerprint density at radius 1 is 0.512 bits per heavy atom. The summed E-state index contributed by atoms with van der Waals surface area (Å²) in [5.74, 6) is 0. The molecule has 6 aromatic rings. The first-order chi connectivity index (χ1) is 19.6. The zero-order valence-electron chi connectivity index (χ0n) is 21.2. The average Bonchev–Trinajstić information content (AvgIpc) is 3.60. The molecule has 0 aliphatic rings. The molecule has 0 spiro atoms. The summed E-state index contributed by atoms with van der Waals surface area (Å²) in [5.41, 5.74) is 6.45. The highest BCUT2D eigenvalue weighted by Gasteiger charge is 2.16. The second-order valence-corrected chi connectivity index (χ2v) is 12.6. The van der Waals surface area contributed by atoms with Crippen LogP contribution in [0.4, 0.5) is 0 Å². The quantitative estimate of drug-likeness (QED) is 0.176. The molecule has 2 N–H and O–H groups in total. The molecule has 6 rings (SSSR count). The van der Waals surface area contributed by atoms with Crippen molar-refractivity contribution in [2.45, 2.75) is 7.43 Å². The third-order valence-corrected chi connectivity index (χ3v) is 11.1. The van der Waals surface area contributed by atoms with Crippen molar-refractivity contribution in [1.29, 1.82) is 0 Å². The molecule has 8 heteroatoms. The normalized spacial score (nSPS) is 9.39. The van der Waals surface area contributed by atoms with Gasteiger partial charge in [-0.05, 0) is 69.9 Å². The molecular formula is C33H29BBr3O2S2. The summed E-state index contributed by atoms with van der Waals surface area (Å²) in [6.07, 6.45) is 0. The topological polar surface area (TPSA) is 40.5 Å². The Kier molecular flexibility index (Phi) is 16.8. The fourth-order valence-electron chi connectivity index (χ4n) is 3.57. The summed E-state index contributed by atoms with van der Waals surface area (Å²) in [4.78, 5) is 1.33. The smallest absolute Gasteiger partial charge is 0.429 e. The van der Waals surface area contributed by atoms with E-state index in [4.69, 9.17) is 10.0 Å². The van der Waals surface area contributed by atoms with Gasteiger partial charge in [0.15, 0.2) is 0 Å². The summed E-state index contributed by atoms with van der Waals surface area (Å²) in [7, 11) is 0. The lowest BCUT2D eigenvalue weighted by atomic mass is 9.95. The summed E-state index contributed by atoms with van der Waals surface area (Å²) >= 11 is 13.5. The van der Waals surface area contributed by atoms with Gasteiger partial charge in [0.1, 0.15) is 0 Å². The first kappa shape index (κ1) is 34.9. The van der Waals surface area contributed by atoms with E-state index in [2.05, 4.69) is 144 Å². The highest BCUT2D eigenvalue weighted by molar-refractivity contribution is 9.14. The molecule has 209 valence electrons. The predicted octanol–water partition coefficient (Wildman–Crippen LogP) is 11.6. The van der Waals surface area contributed by atoms with Crippen LogP contribution in [0.5, 0.6) is 0 Å². The monoisotopic (exact) mass is 769 g/mol. The van der Waals surface area contributed by atoms with Gasteiger partial charge in [0.2, 0.25) is 0 Å². The third-order valence-electron chi connectivity index (χ3n) is 5.29. The Morgan fingerprint density at radius 2 is 0.902 bits per heavy atom. The van der Waals surface area contributed by atoms with Crippen molar-refractivity contribution < 1.29 is 10.0 Å². The van der Waals surface area contributed by atoms with Crippen LogP contribution in [-0.4, -0.2) is 17.7 Å². The van der Waals surface area contributed by atoms with Gasteiger partial charge < -0.3 is 10.0 Å². The van der Waals surface area contributed by atoms with Gasteiger partial charge >= 0.3 is 7.69 Å². The van der Waals surface area contributed by atoms with E-state index < -0.39 is 0 Å². The molecule has 0 saturated carbocycles. The number of halogens is 3. The molecule has 41 heavy (non-hydrogen) atoms. The largest absolute Gasteiger partial charge is 0.482 e. The molecule has 0 fully saturated rings. The van der Waals surface area contributed by atoms with E-state index in [1.165, 1.54) is 32.7 Å². The minimum absolute atomic E-state index is 0. The summed E-state index contributed by atoms with van der Waals surface area (Å²) in [6, 6.07) is 44.0. The van der Waals surface area contributed by atoms with Crippen molar-refractivity contribution in [3.05, 3.63) is 151 Å². The molecule has 0 aliphatic carbocycles. The first-order valence-corrected chi connectivity index (χ1v) is 16.2. The van der Waals surface area contributed by atoms with Gasteiger partial charge in [-0.1, -0.05) is 135 Å². The van der Waals surface area contributed by atoms with E-state index >= 15 is 0 Å². The predicted molar refractivity (Wildman–Crippen MR) is 191 cm³/mol. The lowest BCUT2D eigenvalue weighted by Gasteiger charge is -2.09. The summed E-state index contributed by atoms with van der Waals surface area (Å²) in [5, 5.41) is 18.3. The molecule has 0 aliphatic heterocycles. The van der Waals surface area contributed by atoms with Crippen molar-refractivity contribution in [2.75, 3.05) is 0 Å². The van der Waals surface area contributed by atoms with Crippen molar-refractivity contribution in [2.24, 2.45) is 0 Å². The highest BCUT2D eigenvalue weighted by atomic mass is 79.9. The van der Waals surface area contributed by atoms with E-state index in [9.17, 15) is 0 Å².